The molecule has 0 radical (unpaired) electrons. The fourth-order valence-corrected chi connectivity index (χ4v) is 4.70. The van der Waals surface area contributed by atoms with E-state index in [1.165, 1.54) is 5.56 Å². The third-order valence-electron chi connectivity index (χ3n) is 3.82. The summed E-state index contributed by atoms with van der Waals surface area (Å²) < 4.78 is 3.07. The van der Waals surface area contributed by atoms with Crippen LogP contribution in [-0.2, 0) is 12.8 Å². The third kappa shape index (κ3) is 3.17. The Kier molecular flexibility index (Phi) is 4.49. The molecular weight excluding hydrogens is 418 g/mol. The molecule has 4 aromatic rings. The molecular formula is C17H14BrN5S2. The summed E-state index contributed by atoms with van der Waals surface area (Å²) in [7, 11) is 1.97. The summed E-state index contributed by atoms with van der Waals surface area (Å²) in [5.74, 6) is 1.61. The Morgan fingerprint density at radius 1 is 1.20 bits per heavy atom. The number of halogens is 1. The van der Waals surface area contributed by atoms with Crippen molar-refractivity contribution in [2.24, 2.45) is 7.05 Å². The number of hydrogen-bond acceptors (Lipinski definition) is 6. The van der Waals surface area contributed by atoms with Crippen molar-refractivity contribution in [3.05, 3.63) is 52.6 Å². The highest BCUT2D eigenvalue weighted by atomic mass is 79.9. The quantitative estimate of drug-likeness (QED) is 0.472. The lowest BCUT2D eigenvalue weighted by Gasteiger charge is -2.04. The average molecular weight is 432 g/mol. The zero-order valence-corrected chi connectivity index (χ0v) is 16.5. The summed E-state index contributed by atoms with van der Waals surface area (Å²) in [6, 6.07) is 12.2. The molecule has 0 unspecified atom stereocenters. The number of rotatable bonds is 4. The summed E-state index contributed by atoms with van der Waals surface area (Å²) in [6.45, 7) is 0. The second kappa shape index (κ2) is 6.78. The molecule has 0 aliphatic heterocycles. The minimum Gasteiger partial charge on any atom is -0.397 e. The molecule has 8 heteroatoms. The van der Waals surface area contributed by atoms with Crippen LogP contribution in [0.3, 0.4) is 0 Å². The predicted octanol–water partition coefficient (Wildman–Crippen LogP) is 4.73. The predicted molar refractivity (Wildman–Crippen MR) is 108 cm³/mol. The fraction of sp³-hybridized carbons (Fsp3) is 0.118. The fourth-order valence-electron chi connectivity index (χ4n) is 2.48. The molecule has 25 heavy (non-hydrogen) atoms. The number of thioether (sulfide) groups is 1. The lowest BCUT2D eigenvalue weighted by molar-refractivity contribution is 0.795. The molecule has 0 bridgehead atoms. The maximum atomic E-state index is 6.31. The van der Waals surface area contributed by atoms with Crippen molar-refractivity contribution < 1.29 is 0 Å². The van der Waals surface area contributed by atoms with Crippen molar-refractivity contribution in [1.82, 2.24) is 19.7 Å². The molecule has 4 rings (SSSR count). The van der Waals surface area contributed by atoms with Gasteiger partial charge in [0.1, 0.15) is 4.83 Å². The molecule has 5 nitrogen and oxygen atoms in total. The van der Waals surface area contributed by atoms with E-state index >= 15 is 0 Å². The topological polar surface area (TPSA) is 69.6 Å². The number of hydrogen-bond donors (Lipinski definition) is 1. The minimum atomic E-state index is 0.716. The average Bonchev–Trinajstić information content (AvgIpc) is 3.15. The lowest BCUT2D eigenvalue weighted by Crippen LogP contribution is -1.96. The Morgan fingerprint density at radius 2 is 2.00 bits per heavy atom. The molecule has 1 aromatic carbocycles. The van der Waals surface area contributed by atoms with E-state index in [0.29, 0.717) is 5.69 Å². The van der Waals surface area contributed by atoms with Crippen molar-refractivity contribution in [3.63, 3.8) is 0 Å². The van der Waals surface area contributed by atoms with Gasteiger partial charge in [0, 0.05) is 28.9 Å². The zero-order chi connectivity index (χ0) is 17.4. The Morgan fingerprint density at radius 3 is 2.76 bits per heavy atom. The summed E-state index contributed by atoms with van der Waals surface area (Å²) in [5, 5.41) is 10.5. The van der Waals surface area contributed by atoms with Crippen molar-refractivity contribution in [1.29, 1.82) is 0 Å². The van der Waals surface area contributed by atoms with Gasteiger partial charge < -0.3 is 10.3 Å². The van der Waals surface area contributed by atoms with Gasteiger partial charge in [-0.1, -0.05) is 39.8 Å². The van der Waals surface area contributed by atoms with Crippen LogP contribution in [0.2, 0.25) is 0 Å². The van der Waals surface area contributed by atoms with Crippen LogP contribution in [0.15, 0.2) is 52.2 Å². The van der Waals surface area contributed by atoms with Gasteiger partial charge in [0.05, 0.1) is 10.6 Å². The van der Waals surface area contributed by atoms with Gasteiger partial charge in [-0.05, 0) is 29.8 Å². The third-order valence-corrected chi connectivity index (χ3v) is 6.57. The lowest BCUT2D eigenvalue weighted by atomic mass is 10.2. The van der Waals surface area contributed by atoms with Crippen LogP contribution in [0.5, 0.6) is 0 Å². The first-order chi connectivity index (χ1) is 12.1. The Bertz CT molecular complexity index is 1040. The van der Waals surface area contributed by atoms with E-state index in [0.717, 1.165) is 36.3 Å². The molecule has 0 saturated heterocycles. The van der Waals surface area contributed by atoms with Crippen LogP contribution in [0, 0.1) is 0 Å². The number of aromatic nitrogens is 4. The Labute approximate surface area is 161 Å². The van der Waals surface area contributed by atoms with E-state index < -0.39 is 0 Å². The molecule has 2 N–H and O–H groups in total. The van der Waals surface area contributed by atoms with Crippen LogP contribution in [0.25, 0.3) is 20.9 Å². The van der Waals surface area contributed by atoms with Gasteiger partial charge in [0.15, 0.2) is 11.0 Å². The van der Waals surface area contributed by atoms with E-state index in [1.807, 2.05) is 35.9 Å². The van der Waals surface area contributed by atoms with Crippen LogP contribution in [0.4, 0.5) is 5.69 Å². The number of benzene rings is 1. The standard InChI is InChI=1S/C17H14BrN5S2/c1-23-15(14-13(19)12-3-2-8-20-16(12)25-14)21-22-17(23)24-9-10-4-6-11(18)7-5-10/h2-8H,9,19H2,1H3. The number of nitrogen functional groups attached to an aromatic ring is 1. The van der Waals surface area contributed by atoms with Gasteiger partial charge in [-0.25, -0.2) is 4.98 Å². The smallest absolute Gasteiger partial charge is 0.191 e. The highest BCUT2D eigenvalue weighted by Crippen LogP contribution is 2.39. The monoisotopic (exact) mass is 431 g/mol. The molecule has 0 saturated carbocycles. The first-order valence-corrected chi connectivity index (χ1v) is 10.1. The number of fused-ring (bicyclic) bond motifs is 1. The zero-order valence-electron chi connectivity index (χ0n) is 13.3. The molecule has 3 heterocycles. The molecule has 0 fully saturated rings. The van der Waals surface area contributed by atoms with Gasteiger partial charge in [-0.3, -0.25) is 0 Å². The van der Waals surface area contributed by atoms with E-state index in [9.17, 15) is 0 Å². The molecule has 0 aliphatic carbocycles. The van der Waals surface area contributed by atoms with Gasteiger partial charge in [0.2, 0.25) is 0 Å². The summed E-state index contributed by atoms with van der Waals surface area (Å²) in [4.78, 5) is 6.21. The van der Waals surface area contributed by atoms with E-state index in [1.54, 1.807) is 29.3 Å². The number of pyridine rings is 1. The van der Waals surface area contributed by atoms with E-state index in [4.69, 9.17) is 5.73 Å². The van der Waals surface area contributed by atoms with Crippen molar-refractivity contribution >= 4 is 54.9 Å². The number of nitrogens with two attached hydrogens (primary N) is 1. The van der Waals surface area contributed by atoms with Gasteiger partial charge >= 0.3 is 0 Å². The Hall–Kier alpha value is -1.90. The number of thiophene rings is 1. The second-order valence-electron chi connectivity index (χ2n) is 5.48. The Balaban J connectivity index is 1.62. The van der Waals surface area contributed by atoms with Crippen molar-refractivity contribution in [3.8, 4) is 10.7 Å². The van der Waals surface area contributed by atoms with Gasteiger partial charge in [-0.15, -0.1) is 21.5 Å². The molecule has 126 valence electrons. The van der Waals surface area contributed by atoms with E-state index in [-0.39, 0.29) is 0 Å². The van der Waals surface area contributed by atoms with Crippen molar-refractivity contribution in [2.75, 3.05) is 5.73 Å². The first-order valence-electron chi connectivity index (χ1n) is 7.53. The number of nitrogens with zero attached hydrogens (tertiary/aromatic N) is 4. The van der Waals surface area contributed by atoms with Gasteiger partial charge in [0.25, 0.3) is 0 Å². The SMILES string of the molecule is Cn1c(SCc2ccc(Br)cc2)nnc1-c1sc2ncccc2c1N. The van der Waals surface area contributed by atoms with Crippen molar-refractivity contribution in [2.45, 2.75) is 10.9 Å². The minimum absolute atomic E-state index is 0.716. The molecule has 0 amide bonds. The molecule has 0 spiro atoms. The summed E-state index contributed by atoms with van der Waals surface area (Å²) in [5.41, 5.74) is 8.26. The highest BCUT2D eigenvalue weighted by Gasteiger charge is 2.18. The van der Waals surface area contributed by atoms with Gasteiger partial charge in [-0.2, -0.15) is 0 Å². The van der Waals surface area contributed by atoms with Crippen LogP contribution in [-0.4, -0.2) is 19.7 Å². The largest absolute Gasteiger partial charge is 0.397 e. The maximum absolute atomic E-state index is 6.31. The molecule has 0 aliphatic rings. The van der Waals surface area contributed by atoms with Crippen LogP contribution in [0.1, 0.15) is 5.56 Å². The summed E-state index contributed by atoms with van der Waals surface area (Å²) >= 11 is 6.66. The normalized spacial score (nSPS) is 11.3. The number of anilines is 1. The molecule has 0 atom stereocenters. The highest BCUT2D eigenvalue weighted by molar-refractivity contribution is 9.10. The second-order valence-corrected chi connectivity index (χ2v) is 8.34. The maximum Gasteiger partial charge on any atom is 0.191 e. The van der Waals surface area contributed by atoms with E-state index in [2.05, 4.69) is 43.2 Å². The summed E-state index contributed by atoms with van der Waals surface area (Å²) in [6.07, 6.45) is 1.78. The van der Waals surface area contributed by atoms with Crippen LogP contribution >= 0.6 is 39.0 Å². The first kappa shape index (κ1) is 16.6. The molecule has 3 aromatic heterocycles. The van der Waals surface area contributed by atoms with Crippen LogP contribution < -0.4 is 5.73 Å².